The van der Waals surface area contributed by atoms with Crippen molar-refractivity contribution in [2.24, 2.45) is 0 Å². The van der Waals surface area contributed by atoms with Crippen LogP contribution in [0.4, 0.5) is 0 Å². The van der Waals surface area contributed by atoms with Gasteiger partial charge in [0.15, 0.2) is 0 Å². The lowest BCUT2D eigenvalue weighted by molar-refractivity contribution is 0.574. The topological polar surface area (TPSA) is 37.8 Å². The number of fused-ring (bicyclic) bond motifs is 1. The Hall–Kier alpha value is -1.97. The summed E-state index contributed by atoms with van der Waals surface area (Å²) in [6.45, 7) is 2.86. The third-order valence-electron chi connectivity index (χ3n) is 3.58. The Morgan fingerprint density at radius 2 is 2.00 bits per heavy atom. The van der Waals surface area contributed by atoms with Gasteiger partial charge in [0, 0.05) is 41.6 Å². The average Bonchev–Trinajstić information content (AvgIpc) is 2.55. The molecule has 0 fully saturated rings. The lowest BCUT2D eigenvalue weighted by atomic mass is 10.1. The molecule has 2 heterocycles. The van der Waals surface area contributed by atoms with Gasteiger partial charge in [-0.25, -0.2) is 0 Å². The third-order valence-corrected chi connectivity index (χ3v) is 3.91. The van der Waals surface area contributed by atoms with Crippen LogP contribution in [0, 0.1) is 0 Å². The van der Waals surface area contributed by atoms with Crippen molar-refractivity contribution in [3.05, 3.63) is 71.1 Å². The Bertz CT molecular complexity index is 743. The SMILES string of the molecule is C[C@H](NCc1ccc(Cl)c2cccnc12)c1cccnc1. The first kappa shape index (κ1) is 14.0. The van der Waals surface area contributed by atoms with Crippen molar-refractivity contribution in [2.45, 2.75) is 19.5 Å². The maximum absolute atomic E-state index is 6.22. The summed E-state index contributed by atoms with van der Waals surface area (Å²) in [5.41, 5.74) is 3.27. The second-order valence-electron chi connectivity index (χ2n) is 5.00. The molecule has 4 heteroatoms. The summed E-state index contributed by atoms with van der Waals surface area (Å²) in [7, 11) is 0. The Kier molecular flexibility index (Phi) is 4.13. The zero-order valence-corrected chi connectivity index (χ0v) is 12.5. The van der Waals surface area contributed by atoms with Gasteiger partial charge in [0.1, 0.15) is 0 Å². The molecule has 1 N–H and O–H groups in total. The van der Waals surface area contributed by atoms with E-state index in [1.807, 2.05) is 36.5 Å². The highest BCUT2D eigenvalue weighted by Crippen LogP contribution is 2.25. The molecule has 2 aromatic heterocycles. The predicted molar refractivity (Wildman–Crippen MR) is 86.2 cm³/mol. The monoisotopic (exact) mass is 297 g/mol. The molecule has 0 radical (unpaired) electrons. The van der Waals surface area contributed by atoms with Gasteiger partial charge in [0.25, 0.3) is 0 Å². The van der Waals surface area contributed by atoms with Crippen molar-refractivity contribution in [1.29, 1.82) is 0 Å². The van der Waals surface area contributed by atoms with Crippen LogP contribution in [0.3, 0.4) is 0 Å². The predicted octanol–water partition coefficient (Wildman–Crippen LogP) is 4.13. The van der Waals surface area contributed by atoms with E-state index in [0.717, 1.165) is 28.0 Å². The molecule has 1 aromatic carbocycles. The summed E-state index contributed by atoms with van der Waals surface area (Å²) in [6, 6.07) is 12.1. The highest BCUT2D eigenvalue weighted by Gasteiger charge is 2.08. The van der Waals surface area contributed by atoms with Gasteiger partial charge in [-0.1, -0.05) is 23.7 Å². The fraction of sp³-hybridized carbons (Fsp3) is 0.176. The molecule has 0 aliphatic heterocycles. The van der Waals surface area contributed by atoms with E-state index in [9.17, 15) is 0 Å². The number of nitrogens with zero attached hydrogens (tertiary/aromatic N) is 2. The van der Waals surface area contributed by atoms with Crippen LogP contribution in [-0.4, -0.2) is 9.97 Å². The fourth-order valence-electron chi connectivity index (χ4n) is 2.35. The molecule has 3 nitrogen and oxygen atoms in total. The van der Waals surface area contributed by atoms with E-state index in [0.29, 0.717) is 0 Å². The number of benzene rings is 1. The van der Waals surface area contributed by atoms with Crippen LogP contribution in [-0.2, 0) is 6.54 Å². The van der Waals surface area contributed by atoms with E-state index >= 15 is 0 Å². The molecule has 0 saturated heterocycles. The van der Waals surface area contributed by atoms with E-state index < -0.39 is 0 Å². The van der Waals surface area contributed by atoms with Crippen LogP contribution < -0.4 is 5.32 Å². The molecule has 21 heavy (non-hydrogen) atoms. The van der Waals surface area contributed by atoms with Crippen LogP contribution in [0.5, 0.6) is 0 Å². The average molecular weight is 298 g/mol. The van der Waals surface area contributed by atoms with Crippen molar-refractivity contribution in [3.8, 4) is 0 Å². The number of pyridine rings is 2. The molecule has 106 valence electrons. The summed E-state index contributed by atoms with van der Waals surface area (Å²) in [6.07, 6.45) is 5.47. The minimum atomic E-state index is 0.230. The quantitative estimate of drug-likeness (QED) is 0.786. The van der Waals surface area contributed by atoms with Gasteiger partial charge in [-0.05, 0) is 42.3 Å². The molecule has 0 amide bonds. The van der Waals surface area contributed by atoms with Gasteiger partial charge in [-0.15, -0.1) is 0 Å². The lowest BCUT2D eigenvalue weighted by Gasteiger charge is -2.15. The maximum Gasteiger partial charge on any atom is 0.0761 e. The molecule has 0 aliphatic rings. The zero-order valence-electron chi connectivity index (χ0n) is 11.8. The summed E-state index contributed by atoms with van der Waals surface area (Å²) in [5.74, 6) is 0. The van der Waals surface area contributed by atoms with Crippen LogP contribution in [0.2, 0.25) is 5.02 Å². The first-order valence-electron chi connectivity index (χ1n) is 6.91. The van der Waals surface area contributed by atoms with Gasteiger partial charge < -0.3 is 5.32 Å². The molecule has 3 rings (SSSR count). The number of hydrogen-bond donors (Lipinski definition) is 1. The van der Waals surface area contributed by atoms with Crippen LogP contribution in [0.15, 0.2) is 55.0 Å². The molecular formula is C17H16ClN3. The standard InChI is InChI=1S/C17H16ClN3/c1-12(13-4-2-8-19-10-13)21-11-14-6-7-16(18)15-5-3-9-20-17(14)15/h2-10,12,21H,11H2,1H3/t12-/m0/s1. The van der Waals surface area contributed by atoms with Gasteiger partial charge >= 0.3 is 0 Å². The molecule has 0 bridgehead atoms. The van der Waals surface area contributed by atoms with E-state index in [1.165, 1.54) is 5.56 Å². The minimum absolute atomic E-state index is 0.230. The van der Waals surface area contributed by atoms with Gasteiger partial charge in [-0.2, -0.15) is 0 Å². The number of aromatic nitrogens is 2. The smallest absolute Gasteiger partial charge is 0.0761 e. The third kappa shape index (κ3) is 3.04. The molecule has 0 unspecified atom stereocenters. The van der Waals surface area contributed by atoms with Gasteiger partial charge in [-0.3, -0.25) is 9.97 Å². The molecule has 0 aliphatic carbocycles. The maximum atomic E-state index is 6.22. The molecule has 0 spiro atoms. The zero-order chi connectivity index (χ0) is 14.7. The molecule has 0 saturated carbocycles. The first-order valence-corrected chi connectivity index (χ1v) is 7.29. The van der Waals surface area contributed by atoms with Crippen molar-refractivity contribution in [3.63, 3.8) is 0 Å². The van der Waals surface area contributed by atoms with Crippen molar-refractivity contribution >= 4 is 22.5 Å². The number of nitrogens with one attached hydrogen (secondary N) is 1. The minimum Gasteiger partial charge on any atom is -0.306 e. The van der Waals surface area contributed by atoms with E-state index in [2.05, 4.69) is 28.3 Å². The van der Waals surface area contributed by atoms with Crippen molar-refractivity contribution < 1.29 is 0 Å². The second kappa shape index (κ2) is 6.20. The summed E-state index contributed by atoms with van der Waals surface area (Å²) in [4.78, 5) is 8.61. The Morgan fingerprint density at radius 3 is 2.81 bits per heavy atom. The van der Waals surface area contributed by atoms with E-state index in [1.54, 1.807) is 12.4 Å². The van der Waals surface area contributed by atoms with Crippen molar-refractivity contribution in [2.75, 3.05) is 0 Å². The highest BCUT2D eigenvalue weighted by molar-refractivity contribution is 6.35. The number of hydrogen-bond acceptors (Lipinski definition) is 3. The lowest BCUT2D eigenvalue weighted by Crippen LogP contribution is -2.18. The van der Waals surface area contributed by atoms with Crippen LogP contribution >= 0.6 is 11.6 Å². The normalized spacial score (nSPS) is 12.5. The summed E-state index contributed by atoms with van der Waals surface area (Å²) >= 11 is 6.22. The largest absolute Gasteiger partial charge is 0.306 e. The van der Waals surface area contributed by atoms with Gasteiger partial charge in [0.05, 0.1) is 5.52 Å². The van der Waals surface area contributed by atoms with Crippen LogP contribution in [0.1, 0.15) is 24.1 Å². The summed E-state index contributed by atoms with van der Waals surface area (Å²) in [5, 5.41) is 5.23. The van der Waals surface area contributed by atoms with E-state index in [4.69, 9.17) is 11.6 Å². The molecule has 1 atom stereocenters. The molecule has 3 aromatic rings. The fourth-order valence-corrected chi connectivity index (χ4v) is 2.57. The van der Waals surface area contributed by atoms with E-state index in [-0.39, 0.29) is 6.04 Å². The van der Waals surface area contributed by atoms with Crippen molar-refractivity contribution in [1.82, 2.24) is 15.3 Å². The Balaban J connectivity index is 1.81. The first-order chi connectivity index (χ1) is 10.3. The van der Waals surface area contributed by atoms with Gasteiger partial charge in [0.2, 0.25) is 0 Å². The van der Waals surface area contributed by atoms with Crippen LogP contribution in [0.25, 0.3) is 10.9 Å². The Morgan fingerprint density at radius 1 is 1.14 bits per heavy atom. The summed E-state index contributed by atoms with van der Waals surface area (Å²) < 4.78 is 0. The number of halogens is 1. The highest BCUT2D eigenvalue weighted by atomic mass is 35.5. The Labute approximate surface area is 129 Å². The second-order valence-corrected chi connectivity index (χ2v) is 5.40. The molecular weight excluding hydrogens is 282 g/mol. The number of rotatable bonds is 4.